The molecule has 1 aromatic heterocycles. The molecule has 118 valence electrons. The third-order valence-corrected chi connectivity index (χ3v) is 5.84. The van der Waals surface area contributed by atoms with Gasteiger partial charge in [-0.25, -0.2) is 12.8 Å². The van der Waals surface area contributed by atoms with Gasteiger partial charge in [0.15, 0.2) is 0 Å². The van der Waals surface area contributed by atoms with Crippen LogP contribution in [-0.2, 0) is 16.6 Å². The number of halogens is 1. The van der Waals surface area contributed by atoms with E-state index in [0.717, 1.165) is 18.2 Å². The summed E-state index contributed by atoms with van der Waals surface area (Å²) in [6.07, 6.45) is 1.12. The molecule has 0 unspecified atom stereocenters. The van der Waals surface area contributed by atoms with E-state index in [1.54, 1.807) is 6.07 Å². The van der Waals surface area contributed by atoms with Gasteiger partial charge in [0.1, 0.15) is 17.3 Å². The molecule has 1 aromatic carbocycles. The maximum atomic E-state index is 13.2. The second-order valence-electron chi connectivity index (χ2n) is 5.84. The van der Waals surface area contributed by atoms with Crippen LogP contribution in [0.2, 0.25) is 0 Å². The zero-order valence-corrected chi connectivity index (χ0v) is 13.3. The summed E-state index contributed by atoms with van der Waals surface area (Å²) in [4.78, 5) is -0.0578. The molecule has 2 atom stereocenters. The molecule has 0 saturated heterocycles. The van der Waals surface area contributed by atoms with E-state index < -0.39 is 15.8 Å². The van der Waals surface area contributed by atoms with E-state index in [4.69, 9.17) is 4.42 Å². The summed E-state index contributed by atoms with van der Waals surface area (Å²) in [5, 5.41) is 0. The zero-order valence-electron chi connectivity index (χ0n) is 12.5. The molecular formula is C16H18FNO3S. The van der Waals surface area contributed by atoms with E-state index in [9.17, 15) is 12.8 Å². The van der Waals surface area contributed by atoms with Crippen LogP contribution in [0.4, 0.5) is 4.39 Å². The van der Waals surface area contributed by atoms with Crippen LogP contribution in [0, 0.1) is 11.7 Å². The lowest BCUT2D eigenvalue weighted by Crippen LogP contribution is -2.26. The van der Waals surface area contributed by atoms with E-state index in [1.165, 1.54) is 29.6 Å². The first-order chi connectivity index (χ1) is 10.4. The van der Waals surface area contributed by atoms with Crippen molar-refractivity contribution in [3.8, 4) is 0 Å². The highest BCUT2D eigenvalue weighted by Gasteiger charge is 2.36. The third-order valence-electron chi connectivity index (χ3n) is 4.04. The van der Waals surface area contributed by atoms with E-state index in [2.05, 4.69) is 6.92 Å². The van der Waals surface area contributed by atoms with Crippen molar-refractivity contribution < 1.29 is 17.2 Å². The molecule has 3 rings (SSSR count). The third kappa shape index (κ3) is 2.94. The minimum absolute atomic E-state index is 0.0578. The highest BCUT2D eigenvalue weighted by atomic mass is 32.2. The van der Waals surface area contributed by atoms with Gasteiger partial charge in [-0.15, -0.1) is 0 Å². The van der Waals surface area contributed by atoms with Crippen LogP contribution >= 0.6 is 0 Å². The number of furan rings is 1. The van der Waals surface area contributed by atoms with Crippen LogP contribution in [0.15, 0.2) is 45.7 Å². The van der Waals surface area contributed by atoms with Gasteiger partial charge in [-0.1, -0.05) is 13.0 Å². The largest absolute Gasteiger partial charge is 0.464 e. The summed E-state index contributed by atoms with van der Waals surface area (Å²) in [5.74, 6) is 2.03. The molecular weight excluding hydrogens is 305 g/mol. The summed E-state index contributed by atoms with van der Waals surface area (Å²) < 4.78 is 44.9. The normalized spacial score (nSPS) is 21.3. The predicted molar refractivity (Wildman–Crippen MR) is 80.3 cm³/mol. The average molecular weight is 323 g/mol. The molecule has 4 nitrogen and oxygen atoms in total. The Morgan fingerprint density at radius 2 is 2.05 bits per heavy atom. The highest BCUT2D eigenvalue weighted by molar-refractivity contribution is 7.89. The molecule has 0 aliphatic heterocycles. The number of hydrogen-bond acceptors (Lipinski definition) is 3. The minimum Gasteiger partial charge on any atom is -0.464 e. The zero-order chi connectivity index (χ0) is 15.9. The number of benzene rings is 1. The first kappa shape index (κ1) is 15.2. The SMILES string of the molecule is C[C@H]1C[C@@H]1c1ccc(CN(C)S(=O)(=O)c2cccc(F)c2)o1. The van der Waals surface area contributed by atoms with Crippen LogP contribution in [0.1, 0.15) is 30.8 Å². The molecule has 22 heavy (non-hydrogen) atoms. The van der Waals surface area contributed by atoms with Crippen molar-refractivity contribution in [3.63, 3.8) is 0 Å². The highest BCUT2D eigenvalue weighted by Crippen LogP contribution is 2.47. The van der Waals surface area contributed by atoms with Crippen molar-refractivity contribution in [1.29, 1.82) is 0 Å². The quantitative estimate of drug-likeness (QED) is 0.848. The van der Waals surface area contributed by atoms with Gasteiger partial charge in [-0.2, -0.15) is 4.31 Å². The molecule has 1 fully saturated rings. The Balaban J connectivity index is 1.76. The number of hydrogen-bond donors (Lipinski definition) is 0. The van der Waals surface area contributed by atoms with Crippen molar-refractivity contribution in [2.45, 2.75) is 30.7 Å². The Morgan fingerprint density at radius 3 is 2.68 bits per heavy atom. The molecule has 1 heterocycles. The van der Waals surface area contributed by atoms with E-state index in [-0.39, 0.29) is 11.4 Å². The Hall–Kier alpha value is -1.66. The molecule has 2 aromatic rings. The molecule has 1 aliphatic rings. The van der Waals surface area contributed by atoms with Crippen molar-refractivity contribution in [1.82, 2.24) is 4.31 Å². The number of sulfonamides is 1. The molecule has 0 radical (unpaired) electrons. The number of rotatable bonds is 5. The van der Waals surface area contributed by atoms with Crippen LogP contribution in [0.5, 0.6) is 0 Å². The van der Waals surface area contributed by atoms with Gasteiger partial charge in [0.2, 0.25) is 10.0 Å². The second-order valence-corrected chi connectivity index (χ2v) is 7.89. The van der Waals surface area contributed by atoms with E-state index in [0.29, 0.717) is 17.6 Å². The van der Waals surface area contributed by atoms with Gasteiger partial charge in [-0.3, -0.25) is 0 Å². The van der Waals surface area contributed by atoms with Gasteiger partial charge in [0, 0.05) is 13.0 Å². The van der Waals surface area contributed by atoms with Gasteiger partial charge in [0.05, 0.1) is 11.4 Å². The minimum atomic E-state index is -3.73. The Kier molecular flexibility index (Phi) is 3.82. The topological polar surface area (TPSA) is 50.5 Å². The molecule has 0 N–H and O–H groups in total. The molecule has 1 aliphatic carbocycles. The van der Waals surface area contributed by atoms with Gasteiger partial charge >= 0.3 is 0 Å². The maximum Gasteiger partial charge on any atom is 0.243 e. The Labute approximate surface area is 129 Å². The van der Waals surface area contributed by atoms with Crippen molar-refractivity contribution in [2.75, 3.05) is 7.05 Å². The fourth-order valence-electron chi connectivity index (χ4n) is 2.51. The van der Waals surface area contributed by atoms with Gasteiger partial charge < -0.3 is 4.42 Å². The summed E-state index contributed by atoms with van der Waals surface area (Å²) in [5.41, 5.74) is 0. The fraction of sp³-hybridized carbons (Fsp3) is 0.375. The van der Waals surface area contributed by atoms with Crippen LogP contribution in [0.25, 0.3) is 0 Å². The lowest BCUT2D eigenvalue weighted by atomic mass is 10.3. The van der Waals surface area contributed by atoms with Gasteiger partial charge in [-0.05, 0) is 42.7 Å². The number of nitrogens with zero attached hydrogens (tertiary/aromatic N) is 1. The fourth-order valence-corrected chi connectivity index (χ4v) is 3.68. The first-order valence-electron chi connectivity index (χ1n) is 7.18. The summed E-state index contributed by atoms with van der Waals surface area (Å²) in [6, 6.07) is 8.72. The molecule has 0 spiro atoms. The van der Waals surface area contributed by atoms with E-state index >= 15 is 0 Å². The standard InChI is InChI=1S/C16H18FNO3S/c1-11-8-15(11)16-7-6-13(21-16)10-18(2)22(19,20)14-5-3-4-12(17)9-14/h3-7,9,11,15H,8,10H2,1-2H3/t11-,15-/m0/s1. The van der Waals surface area contributed by atoms with Crippen molar-refractivity contribution in [2.24, 2.45) is 5.92 Å². The first-order valence-corrected chi connectivity index (χ1v) is 8.62. The maximum absolute atomic E-state index is 13.2. The summed E-state index contributed by atoms with van der Waals surface area (Å²) in [6.45, 7) is 2.29. The average Bonchev–Trinajstić information content (AvgIpc) is 3.02. The van der Waals surface area contributed by atoms with E-state index in [1.807, 2.05) is 6.07 Å². The Morgan fingerprint density at radius 1 is 1.32 bits per heavy atom. The predicted octanol–water partition coefficient (Wildman–Crippen LogP) is 3.36. The Bertz CT molecular complexity index is 784. The summed E-state index contributed by atoms with van der Waals surface area (Å²) in [7, 11) is -2.27. The van der Waals surface area contributed by atoms with Crippen LogP contribution < -0.4 is 0 Å². The lowest BCUT2D eigenvalue weighted by Gasteiger charge is -2.16. The summed E-state index contributed by atoms with van der Waals surface area (Å²) >= 11 is 0. The smallest absolute Gasteiger partial charge is 0.243 e. The monoisotopic (exact) mass is 323 g/mol. The molecule has 0 amide bonds. The van der Waals surface area contributed by atoms with Crippen molar-refractivity contribution in [3.05, 3.63) is 53.7 Å². The molecule has 6 heteroatoms. The van der Waals surface area contributed by atoms with Crippen molar-refractivity contribution >= 4 is 10.0 Å². The lowest BCUT2D eigenvalue weighted by molar-refractivity contribution is 0.389. The molecule has 1 saturated carbocycles. The van der Waals surface area contributed by atoms with Gasteiger partial charge in [0.25, 0.3) is 0 Å². The second kappa shape index (κ2) is 5.52. The molecule has 0 bridgehead atoms. The van der Waals surface area contributed by atoms with Crippen LogP contribution in [-0.4, -0.2) is 19.8 Å². The van der Waals surface area contributed by atoms with Crippen LogP contribution in [0.3, 0.4) is 0 Å².